The number of aliphatic hydroxyl groups is 1. The normalized spacial score (nSPS) is 10.5. The van der Waals surface area contributed by atoms with Crippen molar-refractivity contribution in [3.05, 3.63) is 51.0 Å². The van der Waals surface area contributed by atoms with Gasteiger partial charge < -0.3 is 24.8 Å². The molecule has 2 aromatic carbocycles. The highest BCUT2D eigenvalue weighted by molar-refractivity contribution is 6.42. The fraction of sp³-hybridized carbons (Fsp3) is 0.316. The van der Waals surface area contributed by atoms with Gasteiger partial charge >= 0.3 is 6.03 Å². The minimum absolute atomic E-state index is 0.0389. The third-order valence-electron chi connectivity index (χ3n) is 3.95. The molecule has 2 aromatic rings. The van der Waals surface area contributed by atoms with Gasteiger partial charge in [0.05, 0.1) is 35.0 Å². The number of benzene rings is 2. The number of amides is 2. The lowest BCUT2D eigenvalue weighted by Crippen LogP contribution is -2.35. The third-order valence-corrected chi connectivity index (χ3v) is 4.98. The highest BCUT2D eigenvalue weighted by Gasteiger charge is 2.18. The lowest BCUT2D eigenvalue weighted by Gasteiger charge is -2.24. The van der Waals surface area contributed by atoms with Crippen LogP contribution in [-0.2, 0) is 6.54 Å². The van der Waals surface area contributed by atoms with E-state index in [9.17, 15) is 4.79 Å². The number of carbonyl (C=O) groups is 1. The van der Waals surface area contributed by atoms with E-state index in [0.717, 1.165) is 5.56 Å². The van der Waals surface area contributed by atoms with Crippen molar-refractivity contribution in [3.63, 3.8) is 0 Å². The number of nitrogens with zero attached hydrogens (tertiary/aromatic N) is 1. The second-order valence-electron chi connectivity index (χ2n) is 5.86. The first-order valence-electron chi connectivity index (χ1n) is 8.41. The van der Waals surface area contributed by atoms with Gasteiger partial charge in [-0.1, -0.05) is 40.9 Å². The number of aliphatic hydroxyl groups excluding tert-OH is 1. The zero-order valence-electron chi connectivity index (χ0n) is 15.5. The molecule has 0 saturated heterocycles. The maximum Gasteiger partial charge on any atom is 0.322 e. The molecule has 0 aliphatic rings. The van der Waals surface area contributed by atoms with E-state index < -0.39 is 0 Å². The summed E-state index contributed by atoms with van der Waals surface area (Å²) >= 11 is 18.2. The Balaban J connectivity index is 2.23. The van der Waals surface area contributed by atoms with Crippen molar-refractivity contribution in [3.8, 4) is 11.5 Å². The average Bonchev–Trinajstić information content (AvgIpc) is 2.68. The highest BCUT2D eigenvalue weighted by atomic mass is 35.5. The standard InChI is InChI=1S/C19H21Cl3N2O4/c1-27-17-10-18(28-2)16(9-15(17)22)23-19(26)24(6-3-7-25)11-12-4-5-13(20)14(21)8-12/h4-5,8-10,25H,3,6-7,11H2,1-2H3,(H,23,26). The first-order chi connectivity index (χ1) is 13.4. The van der Waals surface area contributed by atoms with E-state index in [-0.39, 0.29) is 19.2 Å². The van der Waals surface area contributed by atoms with Crippen molar-refractivity contribution in [2.45, 2.75) is 13.0 Å². The molecule has 0 saturated carbocycles. The van der Waals surface area contributed by atoms with Crippen LogP contribution in [0.25, 0.3) is 0 Å². The van der Waals surface area contributed by atoms with E-state index in [0.29, 0.717) is 45.2 Å². The second-order valence-corrected chi connectivity index (χ2v) is 7.09. The summed E-state index contributed by atoms with van der Waals surface area (Å²) in [4.78, 5) is 14.4. The zero-order valence-corrected chi connectivity index (χ0v) is 17.7. The highest BCUT2D eigenvalue weighted by Crippen LogP contribution is 2.36. The van der Waals surface area contributed by atoms with Gasteiger partial charge in [-0.05, 0) is 30.2 Å². The molecular formula is C19H21Cl3N2O4. The Bertz CT molecular complexity index is 833. The van der Waals surface area contributed by atoms with E-state index >= 15 is 0 Å². The summed E-state index contributed by atoms with van der Waals surface area (Å²) in [7, 11) is 2.98. The van der Waals surface area contributed by atoms with Crippen LogP contribution in [0.2, 0.25) is 15.1 Å². The molecule has 0 unspecified atom stereocenters. The minimum Gasteiger partial charge on any atom is -0.495 e. The van der Waals surface area contributed by atoms with Crippen molar-refractivity contribution in [1.82, 2.24) is 4.90 Å². The monoisotopic (exact) mass is 446 g/mol. The molecule has 0 atom stereocenters. The predicted molar refractivity (Wildman–Crippen MR) is 112 cm³/mol. The zero-order chi connectivity index (χ0) is 20.7. The molecule has 0 heterocycles. The number of halogens is 3. The molecule has 28 heavy (non-hydrogen) atoms. The van der Waals surface area contributed by atoms with Gasteiger partial charge in [0.15, 0.2) is 0 Å². The number of methoxy groups -OCH3 is 2. The molecule has 0 aromatic heterocycles. The fourth-order valence-corrected chi connectivity index (χ4v) is 3.09. The molecule has 0 aliphatic carbocycles. The molecule has 6 nitrogen and oxygen atoms in total. The summed E-state index contributed by atoms with van der Waals surface area (Å²) in [6.45, 7) is 0.590. The Kier molecular flexibility index (Phi) is 8.51. The van der Waals surface area contributed by atoms with E-state index in [1.807, 2.05) is 0 Å². The van der Waals surface area contributed by atoms with Gasteiger partial charge in [-0.3, -0.25) is 0 Å². The number of anilines is 1. The van der Waals surface area contributed by atoms with Gasteiger partial charge in [0.25, 0.3) is 0 Å². The van der Waals surface area contributed by atoms with Crippen molar-refractivity contribution in [1.29, 1.82) is 0 Å². The van der Waals surface area contributed by atoms with Crippen LogP contribution in [0.4, 0.5) is 10.5 Å². The summed E-state index contributed by atoms with van der Waals surface area (Å²) < 4.78 is 10.5. The maximum absolute atomic E-state index is 12.9. The molecule has 0 bridgehead atoms. The molecule has 2 rings (SSSR count). The second kappa shape index (κ2) is 10.6. The Morgan fingerprint density at radius 3 is 2.36 bits per heavy atom. The molecule has 0 radical (unpaired) electrons. The van der Waals surface area contributed by atoms with Crippen molar-refractivity contribution < 1.29 is 19.4 Å². The lowest BCUT2D eigenvalue weighted by atomic mass is 10.2. The van der Waals surface area contributed by atoms with Crippen molar-refractivity contribution in [2.24, 2.45) is 0 Å². The quantitative estimate of drug-likeness (QED) is 0.592. The van der Waals surface area contributed by atoms with E-state index in [1.165, 1.54) is 14.2 Å². The van der Waals surface area contributed by atoms with Crippen LogP contribution in [0, 0.1) is 0 Å². The molecule has 0 fully saturated rings. The van der Waals surface area contributed by atoms with Crippen LogP contribution >= 0.6 is 34.8 Å². The fourth-order valence-electron chi connectivity index (χ4n) is 2.52. The van der Waals surface area contributed by atoms with Gasteiger partial charge in [-0.2, -0.15) is 0 Å². The van der Waals surface area contributed by atoms with Crippen molar-refractivity contribution in [2.75, 3.05) is 32.7 Å². The van der Waals surface area contributed by atoms with Crippen LogP contribution in [0.15, 0.2) is 30.3 Å². The first kappa shape index (κ1) is 22.4. The molecule has 2 amide bonds. The molecular weight excluding hydrogens is 427 g/mol. The van der Waals surface area contributed by atoms with Crippen LogP contribution in [0.5, 0.6) is 11.5 Å². The van der Waals surface area contributed by atoms with Crippen molar-refractivity contribution >= 4 is 46.5 Å². The number of urea groups is 1. The van der Waals surface area contributed by atoms with Gasteiger partial charge in [0, 0.05) is 25.8 Å². The number of rotatable bonds is 8. The summed E-state index contributed by atoms with van der Waals surface area (Å²) in [6, 6.07) is 7.94. The average molecular weight is 448 g/mol. The molecule has 2 N–H and O–H groups in total. The summed E-state index contributed by atoms with van der Waals surface area (Å²) in [5.74, 6) is 0.843. The third kappa shape index (κ3) is 5.82. The number of hydrogen-bond acceptors (Lipinski definition) is 4. The largest absolute Gasteiger partial charge is 0.495 e. The summed E-state index contributed by atoms with van der Waals surface area (Å²) in [5, 5.41) is 13.1. The molecule has 152 valence electrons. The molecule has 0 spiro atoms. The van der Waals surface area contributed by atoms with Gasteiger partial charge in [-0.15, -0.1) is 0 Å². The lowest BCUT2D eigenvalue weighted by molar-refractivity contribution is 0.199. The van der Waals surface area contributed by atoms with Crippen LogP contribution < -0.4 is 14.8 Å². The SMILES string of the molecule is COc1cc(OC)c(NC(=O)N(CCCO)Cc2ccc(Cl)c(Cl)c2)cc1Cl. The smallest absolute Gasteiger partial charge is 0.322 e. The minimum atomic E-state index is -0.376. The van der Waals surface area contributed by atoms with E-state index in [2.05, 4.69) is 5.32 Å². The number of ether oxygens (including phenoxy) is 2. The summed E-state index contributed by atoms with van der Waals surface area (Å²) in [6.07, 6.45) is 0.426. The van der Waals surface area contributed by atoms with E-state index in [1.54, 1.807) is 35.2 Å². The summed E-state index contributed by atoms with van der Waals surface area (Å²) in [5.41, 5.74) is 1.21. The van der Waals surface area contributed by atoms with Crippen LogP contribution in [0.1, 0.15) is 12.0 Å². The first-order valence-corrected chi connectivity index (χ1v) is 9.55. The van der Waals surface area contributed by atoms with Gasteiger partial charge in [0.1, 0.15) is 11.5 Å². The number of carbonyl (C=O) groups excluding carboxylic acids is 1. The molecule has 0 aliphatic heterocycles. The van der Waals surface area contributed by atoms with Crippen LogP contribution in [-0.4, -0.2) is 43.4 Å². The van der Waals surface area contributed by atoms with Crippen LogP contribution in [0.3, 0.4) is 0 Å². The number of nitrogens with one attached hydrogen (secondary N) is 1. The molecule has 9 heteroatoms. The Labute approximate surface area is 178 Å². The predicted octanol–water partition coefficient (Wildman–Crippen LogP) is 5.08. The van der Waals surface area contributed by atoms with Gasteiger partial charge in [0.2, 0.25) is 0 Å². The topological polar surface area (TPSA) is 71.0 Å². The Morgan fingerprint density at radius 2 is 1.75 bits per heavy atom. The van der Waals surface area contributed by atoms with Gasteiger partial charge in [-0.25, -0.2) is 4.79 Å². The number of hydrogen-bond donors (Lipinski definition) is 2. The maximum atomic E-state index is 12.9. The Hall–Kier alpha value is -1.86. The Morgan fingerprint density at radius 1 is 1.04 bits per heavy atom. The van der Waals surface area contributed by atoms with E-state index in [4.69, 9.17) is 49.4 Å².